The van der Waals surface area contributed by atoms with Gasteiger partial charge in [-0.05, 0) is 25.0 Å². The Labute approximate surface area is 115 Å². The van der Waals surface area contributed by atoms with Crippen LogP contribution in [0.2, 0.25) is 5.02 Å². The summed E-state index contributed by atoms with van der Waals surface area (Å²) in [5.74, 6) is -0.0938. The third-order valence-corrected chi connectivity index (χ3v) is 3.16. The summed E-state index contributed by atoms with van der Waals surface area (Å²) in [4.78, 5) is 23.7. The summed E-state index contributed by atoms with van der Waals surface area (Å²) in [5.41, 5.74) is -0.235. The van der Waals surface area contributed by atoms with Gasteiger partial charge in [0, 0.05) is 24.2 Å². The van der Waals surface area contributed by atoms with Gasteiger partial charge in [0.2, 0.25) is 0 Å². The second-order valence-corrected chi connectivity index (χ2v) is 4.68. The van der Waals surface area contributed by atoms with E-state index < -0.39 is 4.92 Å². The van der Waals surface area contributed by atoms with Crippen LogP contribution in [0.1, 0.15) is 12.8 Å². The number of nitro benzene ring substituents is 1. The van der Waals surface area contributed by atoms with Gasteiger partial charge in [0.05, 0.1) is 4.92 Å². The van der Waals surface area contributed by atoms with Crippen molar-refractivity contribution in [1.29, 1.82) is 0 Å². The zero-order chi connectivity index (χ0) is 13.8. The maximum Gasteiger partial charge on any atom is 0.312 e. The highest BCUT2D eigenvalue weighted by molar-refractivity contribution is 6.30. The van der Waals surface area contributed by atoms with E-state index in [0.29, 0.717) is 0 Å². The second-order valence-electron chi connectivity index (χ2n) is 4.25. The van der Waals surface area contributed by atoms with Crippen LogP contribution >= 0.6 is 11.6 Å². The van der Waals surface area contributed by atoms with Gasteiger partial charge in [-0.2, -0.15) is 0 Å². The lowest BCUT2D eigenvalue weighted by Crippen LogP contribution is -2.32. The molecule has 0 spiro atoms. The van der Waals surface area contributed by atoms with Crippen molar-refractivity contribution in [3.63, 3.8) is 0 Å². The number of hydrogen-bond donors (Lipinski definition) is 0. The van der Waals surface area contributed by atoms with Gasteiger partial charge in [0.1, 0.15) is 0 Å². The molecule has 1 fully saturated rings. The van der Waals surface area contributed by atoms with Crippen molar-refractivity contribution in [2.75, 3.05) is 19.7 Å². The van der Waals surface area contributed by atoms with Crippen LogP contribution in [-0.4, -0.2) is 35.4 Å². The second kappa shape index (κ2) is 5.88. The summed E-state index contributed by atoms with van der Waals surface area (Å²) in [6.07, 6.45) is 1.99. The first kappa shape index (κ1) is 13.6. The van der Waals surface area contributed by atoms with Crippen molar-refractivity contribution in [2.24, 2.45) is 0 Å². The van der Waals surface area contributed by atoms with Crippen LogP contribution in [0.3, 0.4) is 0 Å². The molecule has 1 aromatic carbocycles. The Kier molecular flexibility index (Phi) is 4.21. The predicted molar refractivity (Wildman–Crippen MR) is 69.4 cm³/mol. The number of likely N-dealkylation sites (tertiary alicyclic amines) is 1. The van der Waals surface area contributed by atoms with Crippen molar-refractivity contribution < 1.29 is 14.5 Å². The number of ether oxygens (including phenoxy) is 1. The van der Waals surface area contributed by atoms with E-state index in [1.807, 2.05) is 0 Å². The summed E-state index contributed by atoms with van der Waals surface area (Å²) >= 11 is 5.69. The van der Waals surface area contributed by atoms with Gasteiger partial charge in [0.25, 0.3) is 5.91 Å². The minimum absolute atomic E-state index is 0.0574. The van der Waals surface area contributed by atoms with Crippen molar-refractivity contribution in [2.45, 2.75) is 12.8 Å². The highest BCUT2D eigenvalue weighted by atomic mass is 35.5. The number of hydrogen-bond acceptors (Lipinski definition) is 4. The van der Waals surface area contributed by atoms with Crippen molar-refractivity contribution >= 4 is 23.2 Å². The zero-order valence-electron chi connectivity index (χ0n) is 10.2. The lowest BCUT2D eigenvalue weighted by atomic mass is 10.3. The Hall–Kier alpha value is -1.82. The third-order valence-electron chi connectivity index (χ3n) is 2.93. The molecule has 1 aliphatic heterocycles. The fraction of sp³-hybridized carbons (Fsp3) is 0.417. The maximum absolute atomic E-state index is 11.8. The number of carbonyl (C=O) groups excluding carboxylic acids is 1. The molecular weight excluding hydrogens is 272 g/mol. The fourth-order valence-electron chi connectivity index (χ4n) is 1.95. The molecular formula is C12H13ClN2O4. The Morgan fingerprint density at radius 3 is 2.74 bits per heavy atom. The van der Waals surface area contributed by atoms with Gasteiger partial charge in [0.15, 0.2) is 12.4 Å². The largest absolute Gasteiger partial charge is 0.477 e. The van der Waals surface area contributed by atoms with Crippen LogP contribution in [0.5, 0.6) is 5.75 Å². The minimum Gasteiger partial charge on any atom is -0.477 e. The molecule has 0 aliphatic carbocycles. The number of rotatable bonds is 4. The first-order valence-electron chi connectivity index (χ1n) is 5.92. The van der Waals surface area contributed by atoms with E-state index in [2.05, 4.69) is 0 Å². The normalized spacial score (nSPS) is 14.5. The van der Waals surface area contributed by atoms with Crippen LogP contribution in [0, 0.1) is 10.1 Å². The van der Waals surface area contributed by atoms with Crippen LogP contribution in [-0.2, 0) is 4.79 Å². The Bertz CT molecular complexity index is 501. The van der Waals surface area contributed by atoms with Gasteiger partial charge in [-0.3, -0.25) is 14.9 Å². The Balaban J connectivity index is 2.02. The molecule has 1 aliphatic rings. The number of benzene rings is 1. The summed E-state index contributed by atoms with van der Waals surface area (Å²) in [6.45, 7) is 1.26. The summed E-state index contributed by atoms with van der Waals surface area (Å²) in [7, 11) is 0. The molecule has 6 nitrogen and oxygen atoms in total. The molecule has 0 bridgehead atoms. The predicted octanol–water partition coefficient (Wildman–Crippen LogP) is 2.25. The first-order chi connectivity index (χ1) is 9.08. The molecule has 7 heteroatoms. The van der Waals surface area contributed by atoms with E-state index in [-0.39, 0.29) is 29.0 Å². The summed E-state index contributed by atoms with van der Waals surface area (Å²) in [5, 5.41) is 11.1. The van der Waals surface area contributed by atoms with E-state index in [9.17, 15) is 14.9 Å². The van der Waals surface area contributed by atoms with Gasteiger partial charge >= 0.3 is 5.69 Å². The monoisotopic (exact) mass is 284 g/mol. The zero-order valence-corrected chi connectivity index (χ0v) is 10.9. The third kappa shape index (κ3) is 3.35. The molecule has 1 amide bonds. The molecule has 1 heterocycles. The Morgan fingerprint density at radius 1 is 1.42 bits per heavy atom. The summed E-state index contributed by atoms with van der Waals surface area (Å²) in [6, 6.07) is 4.10. The highest BCUT2D eigenvalue weighted by Crippen LogP contribution is 2.29. The van der Waals surface area contributed by atoms with E-state index in [0.717, 1.165) is 25.9 Å². The molecule has 0 N–H and O–H groups in total. The fourth-order valence-corrected chi connectivity index (χ4v) is 2.12. The maximum atomic E-state index is 11.8. The molecule has 0 saturated carbocycles. The molecule has 0 unspecified atom stereocenters. The smallest absolute Gasteiger partial charge is 0.312 e. The van der Waals surface area contributed by atoms with Crippen molar-refractivity contribution in [3.8, 4) is 5.75 Å². The molecule has 102 valence electrons. The van der Waals surface area contributed by atoms with Gasteiger partial charge in [-0.1, -0.05) is 11.6 Å². The molecule has 2 rings (SSSR count). The van der Waals surface area contributed by atoms with Gasteiger partial charge < -0.3 is 9.64 Å². The van der Waals surface area contributed by atoms with Crippen molar-refractivity contribution in [1.82, 2.24) is 4.90 Å². The first-order valence-corrected chi connectivity index (χ1v) is 6.30. The van der Waals surface area contributed by atoms with Gasteiger partial charge in [-0.25, -0.2) is 0 Å². The average Bonchev–Trinajstić information content (AvgIpc) is 2.90. The molecule has 0 aromatic heterocycles. The SMILES string of the molecule is O=C(COc1ccc(Cl)cc1[N+](=O)[O-])N1CCCC1. The molecule has 0 radical (unpaired) electrons. The number of halogens is 1. The van der Waals surface area contributed by atoms with Crippen LogP contribution < -0.4 is 4.74 Å². The average molecular weight is 285 g/mol. The van der Waals surface area contributed by atoms with Crippen LogP contribution in [0.25, 0.3) is 0 Å². The van der Waals surface area contributed by atoms with Crippen molar-refractivity contribution in [3.05, 3.63) is 33.3 Å². The number of carbonyl (C=O) groups is 1. The lowest BCUT2D eigenvalue weighted by molar-refractivity contribution is -0.385. The number of nitro groups is 1. The lowest BCUT2D eigenvalue weighted by Gasteiger charge is -2.15. The summed E-state index contributed by atoms with van der Waals surface area (Å²) < 4.78 is 5.24. The molecule has 1 saturated heterocycles. The van der Waals surface area contributed by atoms with Gasteiger partial charge in [-0.15, -0.1) is 0 Å². The van der Waals surface area contributed by atoms with E-state index in [1.165, 1.54) is 18.2 Å². The molecule has 1 aromatic rings. The standard InChI is InChI=1S/C12H13ClN2O4/c13-9-3-4-11(10(7-9)15(17)18)19-8-12(16)14-5-1-2-6-14/h3-4,7H,1-2,5-6,8H2. The van der Waals surface area contributed by atoms with E-state index in [4.69, 9.17) is 16.3 Å². The van der Waals surface area contributed by atoms with Crippen LogP contribution in [0.15, 0.2) is 18.2 Å². The number of nitrogens with zero attached hydrogens (tertiary/aromatic N) is 2. The highest BCUT2D eigenvalue weighted by Gasteiger charge is 2.21. The van der Waals surface area contributed by atoms with Crippen LogP contribution in [0.4, 0.5) is 5.69 Å². The topological polar surface area (TPSA) is 72.7 Å². The molecule has 19 heavy (non-hydrogen) atoms. The molecule has 0 atom stereocenters. The minimum atomic E-state index is -0.582. The van der Waals surface area contributed by atoms with E-state index >= 15 is 0 Å². The number of amides is 1. The quantitative estimate of drug-likeness (QED) is 0.628. The Morgan fingerprint density at radius 2 is 2.11 bits per heavy atom. The van der Waals surface area contributed by atoms with E-state index in [1.54, 1.807) is 4.90 Å².